The summed E-state index contributed by atoms with van der Waals surface area (Å²) in [5.41, 5.74) is 6.16. The molecular weight excluding hydrogens is 184 g/mol. The summed E-state index contributed by atoms with van der Waals surface area (Å²) in [6, 6.07) is -0.877. The second-order valence-electron chi connectivity index (χ2n) is 3.09. The van der Waals surface area contributed by atoms with Gasteiger partial charge in [0.05, 0.1) is 0 Å². The molecule has 0 amide bonds. The van der Waals surface area contributed by atoms with E-state index in [1.807, 2.05) is 0 Å². The number of nitrogens with zero attached hydrogens (tertiary/aromatic N) is 2. The molecule has 2 heterocycles. The Labute approximate surface area is 79.4 Å². The van der Waals surface area contributed by atoms with Crippen LogP contribution in [0, 0.1) is 0 Å². The molecule has 2 aromatic heterocycles. The van der Waals surface area contributed by atoms with Crippen LogP contribution in [-0.2, 0) is 11.2 Å². The lowest BCUT2D eigenvalue weighted by molar-refractivity contribution is -0.138. The van der Waals surface area contributed by atoms with Gasteiger partial charge in [-0.25, -0.2) is 4.98 Å². The fourth-order valence-electron chi connectivity index (χ4n) is 1.29. The summed E-state index contributed by atoms with van der Waals surface area (Å²) in [5.74, 6) is -0.310. The molecule has 0 bridgehead atoms. The van der Waals surface area contributed by atoms with Gasteiger partial charge in [-0.3, -0.25) is 9.20 Å². The Balaban J connectivity index is 2.19. The van der Waals surface area contributed by atoms with Crippen LogP contribution in [-0.4, -0.2) is 31.5 Å². The summed E-state index contributed by atoms with van der Waals surface area (Å²) in [6.07, 6.45) is 5.50. The summed E-state index contributed by atoms with van der Waals surface area (Å²) in [4.78, 5) is 17.5. The predicted molar refractivity (Wildman–Crippen MR) is 48.9 cm³/mol. The molecular formula is C8H10N4O2. The fourth-order valence-corrected chi connectivity index (χ4v) is 1.29. The number of carboxylic acids is 1. The standard InChI is InChI=1S/C8H10N4O2/c9-6(7(13)14)3-5-4-12-2-1-10-8(12)11-5/h1-2,4,6H,3,9H2,(H,10,11)(H,13,14). The summed E-state index contributed by atoms with van der Waals surface area (Å²) in [6.45, 7) is 0. The third kappa shape index (κ3) is 1.47. The van der Waals surface area contributed by atoms with Gasteiger partial charge in [0.2, 0.25) is 5.78 Å². The largest absolute Gasteiger partial charge is 0.480 e. The van der Waals surface area contributed by atoms with Crippen LogP contribution in [0.2, 0.25) is 0 Å². The smallest absolute Gasteiger partial charge is 0.320 e. The van der Waals surface area contributed by atoms with E-state index in [1.165, 1.54) is 0 Å². The molecule has 2 rings (SSSR count). The van der Waals surface area contributed by atoms with Gasteiger partial charge in [-0.15, -0.1) is 0 Å². The summed E-state index contributed by atoms with van der Waals surface area (Å²) in [7, 11) is 0. The van der Waals surface area contributed by atoms with Gasteiger partial charge in [-0.05, 0) is 0 Å². The molecule has 4 N–H and O–H groups in total. The minimum absolute atomic E-state index is 0.276. The Morgan fingerprint density at radius 3 is 3.21 bits per heavy atom. The van der Waals surface area contributed by atoms with Crippen molar-refractivity contribution in [3.8, 4) is 0 Å². The number of fused-ring (bicyclic) bond motifs is 1. The molecule has 0 aliphatic carbocycles. The van der Waals surface area contributed by atoms with Crippen molar-refractivity contribution in [2.45, 2.75) is 12.5 Å². The van der Waals surface area contributed by atoms with Gasteiger partial charge in [0, 0.05) is 30.7 Å². The number of H-pyrrole nitrogens is 1. The van der Waals surface area contributed by atoms with Crippen LogP contribution in [0.3, 0.4) is 0 Å². The van der Waals surface area contributed by atoms with E-state index >= 15 is 0 Å². The quantitative estimate of drug-likeness (QED) is 0.620. The third-order valence-corrected chi connectivity index (χ3v) is 1.99. The number of aliphatic carboxylic acids is 1. The van der Waals surface area contributed by atoms with Crippen LogP contribution in [0.1, 0.15) is 5.69 Å². The molecule has 0 spiro atoms. The zero-order chi connectivity index (χ0) is 10.1. The van der Waals surface area contributed by atoms with E-state index in [0.717, 1.165) is 5.69 Å². The molecule has 74 valence electrons. The average molecular weight is 194 g/mol. The van der Waals surface area contributed by atoms with Crippen molar-refractivity contribution in [2.75, 3.05) is 0 Å². The van der Waals surface area contributed by atoms with Gasteiger partial charge in [-0.2, -0.15) is 0 Å². The molecule has 2 aromatic rings. The number of aromatic amines is 1. The number of nitrogens with two attached hydrogens (primary N) is 1. The van der Waals surface area contributed by atoms with Crippen molar-refractivity contribution in [1.82, 2.24) is 14.4 Å². The van der Waals surface area contributed by atoms with Crippen LogP contribution >= 0.6 is 0 Å². The van der Waals surface area contributed by atoms with Crippen molar-refractivity contribution in [3.05, 3.63) is 24.3 Å². The van der Waals surface area contributed by atoms with Gasteiger partial charge < -0.3 is 15.8 Å². The van der Waals surface area contributed by atoms with Crippen LogP contribution in [0.5, 0.6) is 0 Å². The second-order valence-corrected chi connectivity index (χ2v) is 3.09. The lowest BCUT2D eigenvalue weighted by atomic mass is 10.2. The number of hydrogen-bond donors (Lipinski definition) is 3. The summed E-state index contributed by atoms with van der Waals surface area (Å²) in [5, 5.41) is 8.61. The van der Waals surface area contributed by atoms with Crippen molar-refractivity contribution >= 4 is 11.7 Å². The van der Waals surface area contributed by atoms with Gasteiger partial charge in [0.25, 0.3) is 0 Å². The first-order chi connectivity index (χ1) is 6.66. The maximum Gasteiger partial charge on any atom is 0.320 e. The van der Waals surface area contributed by atoms with Crippen molar-refractivity contribution in [2.24, 2.45) is 5.73 Å². The minimum Gasteiger partial charge on any atom is -0.480 e. The molecule has 0 radical (unpaired) electrons. The molecule has 0 fully saturated rings. The highest BCUT2D eigenvalue weighted by Gasteiger charge is 2.13. The predicted octanol–water partition coefficient (Wildman–Crippen LogP) is -0.383. The van der Waals surface area contributed by atoms with E-state index in [9.17, 15) is 4.79 Å². The van der Waals surface area contributed by atoms with E-state index in [1.54, 1.807) is 23.0 Å². The van der Waals surface area contributed by atoms with E-state index < -0.39 is 12.0 Å². The highest BCUT2D eigenvalue weighted by Crippen LogP contribution is 2.04. The van der Waals surface area contributed by atoms with Gasteiger partial charge in [0.1, 0.15) is 6.04 Å². The SMILES string of the molecule is NC(Cc1cn2ccnc2[nH]1)C(=O)O. The Morgan fingerprint density at radius 2 is 2.57 bits per heavy atom. The molecule has 14 heavy (non-hydrogen) atoms. The number of nitrogens with one attached hydrogen (secondary N) is 1. The zero-order valence-corrected chi connectivity index (χ0v) is 7.34. The Kier molecular flexibility index (Phi) is 1.97. The molecule has 0 aromatic carbocycles. The Bertz CT molecular complexity index is 430. The van der Waals surface area contributed by atoms with Crippen molar-refractivity contribution in [3.63, 3.8) is 0 Å². The van der Waals surface area contributed by atoms with Gasteiger partial charge in [0.15, 0.2) is 0 Å². The number of rotatable bonds is 3. The van der Waals surface area contributed by atoms with E-state index in [2.05, 4.69) is 9.97 Å². The lowest BCUT2D eigenvalue weighted by Crippen LogP contribution is -2.32. The van der Waals surface area contributed by atoms with Crippen molar-refractivity contribution in [1.29, 1.82) is 0 Å². The molecule has 1 unspecified atom stereocenters. The normalized spacial score (nSPS) is 13.2. The van der Waals surface area contributed by atoms with Crippen molar-refractivity contribution < 1.29 is 9.90 Å². The Hall–Kier alpha value is -1.82. The number of hydrogen-bond acceptors (Lipinski definition) is 3. The maximum absolute atomic E-state index is 10.5. The maximum atomic E-state index is 10.5. The molecule has 6 heteroatoms. The third-order valence-electron chi connectivity index (χ3n) is 1.99. The van der Waals surface area contributed by atoms with Gasteiger partial charge in [-0.1, -0.05) is 0 Å². The molecule has 0 saturated heterocycles. The average Bonchev–Trinajstić information content (AvgIpc) is 2.63. The highest BCUT2D eigenvalue weighted by molar-refractivity contribution is 5.73. The molecule has 0 aliphatic heterocycles. The molecule has 1 atom stereocenters. The number of carboxylic acid groups (broad SMARTS) is 1. The monoisotopic (exact) mass is 194 g/mol. The fraction of sp³-hybridized carbons (Fsp3) is 0.250. The minimum atomic E-state index is -1.00. The number of aromatic nitrogens is 3. The topological polar surface area (TPSA) is 96.4 Å². The first-order valence-electron chi connectivity index (χ1n) is 4.16. The zero-order valence-electron chi connectivity index (χ0n) is 7.34. The second kappa shape index (κ2) is 3.15. The van der Waals surface area contributed by atoms with Crippen LogP contribution in [0.15, 0.2) is 18.6 Å². The first kappa shape index (κ1) is 8.76. The van der Waals surface area contributed by atoms with E-state index in [4.69, 9.17) is 10.8 Å². The van der Waals surface area contributed by atoms with Crippen LogP contribution in [0.25, 0.3) is 5.78 Å². The van der Waals surface area contributed by atoms with E-state index in [0.29, 0.717) is 5.78 Å². The van der Waals surface area contributed by atoms with Crippen LogP contribution in [0.4, 0.5) is 0 Å². The van der Waals surface area contributed by atoms with Crippen LogP contribution < -0.4 is 5.73 Å². The van der Waals surface area contributed by atoms with Gasteiger partial charge >= 0.3 is 5.97 Å². The Morgan fingerprint density at radius 1 is 1.79 bits per heavy atom. The van der Waals surface area contributed by atoms with E-state index in [-0.39, 0.29) is 6.42 Å². The highest BCUT2D eigenvalue weighted by atomic mass is 16.4. The number of carbonyl (C=O) groups is 1. The summed E-state index contributed by atoms with van der Waals surface area (Å²) >= 11 is 0. The number of imidazole rings is 2. The molecule has 6 nitrogen and oxygen atoms in total. The lowest BCUT2D eigenvalue weighted by Gasteiger charge is -2.02. The summed E-state index contributed by atoms with van der Waals surface area (Å²) < 4.78 is 1.78. The molecule has 0 saturated carbocycles. The first-order valence-corrected chi connectivity index (χ1v) is 4.16. The molecule has 0 aliphatic rings.